The lowest BCUT2D eigenvalue weighted by molar-refractivity contribution is 0.324. The van der Waals surface area contributed by atoms with Gasteiger partial charge in [0.25, 0.3) is 0 Å². The summed E-state index contributed by atoms with van der Waals surface area (Å²) in [5.41, 5.74) is 2.49. The quantitative estimate of drug-likeness (QED) is 0.731. The Morgan fingerprint density at radius 3 is 3.07 bits per heavy atom. The molecular weight excluding hydrogens is 188 g/mol. The summed E-state index contributed by atoms with van der Waals surface area (Å²) in [6.07, 6.45) is 2.64. The van der Waals surface area contributed by atoms with Gasteiger partial charge in [-0.3, -0.25) is 10.00 Å². The summed E-state index contributed by atoms with van der Waals surface area (Å²) in [5.74, 6) is 0.748. The summed E-state index contributed by atoms with van der Waals surface area (Å²) in [6.45, 7) is 3.05. The van der Waals surface area contributed by atoms with Crippen LogP contribution in [0.3, 0.4) is 0 Å². The molecule has 2 rings (SSSR count). The minimum Gasteiger partial charge on any atom is -0.318 e. The van der Waals surface area contributed by atoms with E-state index in [-0.39, 0.29) is 0 Å². The number of aromatic amines is 1. The van der Waals surface area contributed by atoms with Crippen molar-refractivity contribution >= 4 is 0 Å². The fourth-order valence-electron chi connectivity index (χ4n) is 1.72. The van der Waals surface area contributed by atoms with Gasteiger partial charge in [0.2, 0.25) is 0 Å². The maximum Gasteiger partial charge on any atom is 0.0656 e. The monoisotopic (exact) mass is 208 g/mol. The van der Waals surface area contributed by atoms with E-state index in [2.05, 4.69) is 33.5 Å². The van der Waals surface area contributed by atoms with Gasteiger partial charge in [-0.25, -0.2) is 0 Å². The maximum absolute atomic E-state index is 4.34. The molecule has 84 valence electrons. The second-order valence-electron chi connectivity index (χ2n) is 4.43. The minimum absolute atomic E-state index is 0.748. The predicted molar refractivity (Wildman–Crippen MR) is 60.8 cm³/mol. The number of nitrogens with zero attached hydrogens (tertiary/aromatic N) is 2. The Morgan fingerprint density at radius 1 is 1.60 bits per heavy atom. The molecule has 2 N–H and O–H groups in total. The number of hydrogen-bond donors (Lipinski definition) is 2. The Kier molecular flexibility index (Phi) is 3.38. The molecule has 0 bridgehead atoms. The molecule has 0 radical (unpaired) electrons. The molecule has 0 unspecified atom stereocenters. The van der Waals surface area contributed by atoms with Gasteiger partial charge in [-0.15, -0.1) is 0 Å². The van der Waals surface area contributed by atoms with Crippen LogP contribution in [0.5, 0.6) is 0 Å². The zero-order chi connectivity index (χ0) is 10.7. The largest absolute Gasteiger partial charge is 0.318 e. The van der Waals surface area contributed by atoms with Crippen LogP contribution in [0.15, 0.2) is 6.07 Å². The lowest BCUT2D eigenvalue weighted by Gasteiger charge is -2.14. The van der Waals surface area contributed by atoms with Crippen molar-refractivity contribution in [1.82, 2.24) is 20.4 Å². The Labute approximate surface area is 91.1 Å². The first kappa shape index (κ1) is 10.6. The van der Waals surface area contributed by atoms with Gasteiger partial charge in [-0.2, -0.15) is 5.10 Å². The third-order valence-electron chi connectivity index (χ3n) is 2.83. The van der Waals surface area contributed by atoms with Crippen LogP contribution in [0.2, 0.25) is 0 Å². The number of aromatic nitrogens is 2. The molecule has 0 atom stereocenters. The summed E-state index contributed by atoms with van der Waals surface area (Å²) in [5, 5.41) is 10.6. The van der Waals surface area contributed by atoms with E-state index in [4.69, 9.17) is 0 Å². The van der Waals surface area contributed by atoms with E-state index in [0.29, 0.717) is 0 Å². The van der Waals surface area contributed by atoms with Crippen molar-refractivity contribution in [1.29, 1.82) is 0 Å². The fraction of sp³-hybridized carbons (Fsp3) is 0.727. The molecule has 1 heterocycles. The number of hydrogen-bond acceptors (Lipinski definition) is 3. The molecule has 1 aromatic rings. The van der Waals surface area contributed by atoms with E-state index < -0.39 is 0 Å². The Morgan fingerprint density at radius 2 is 2.40 bits per heavy atom. The van der Waals surface area contributed by atoms with Crippen molar-refractivity contribution in [3.05, 3.63) is 17.5 Å². The van der Waals surface area contributed by atoms with Crippen LogP contribution < -0.4 is 5.32 Å². The number of nitrogens with one attached hydrogen (secondary N) is 2. The van der Waals surface area contributed by atoms with E-state index in [1.807, 2.05) is 7.05 Å². The first-order chi connectivity index (χ1) is 7.29. The molecule has 4 nitrogen and oxygen atoms in total. The second kappa shape index (κ2) is 4.77. The third-order valence-corrected chi connectivity index (χ3v) is 2.83. The SMILES string of the molecule is CNCCN(C)Cc1cc(C2CC2)n[nH]1. The maximum atomic E-state index is 4.34. The zero-order valence-electron chi connectivity index (χ0n) is 9.58. The van der Waals surface area contributed by atoms with E-state index in [0.717, 1.165) is 25.6 Å². The zero-order valence-corrected chi connectivity index (χ0v) is 9.58. The molecule has 1 aliphatic carbocycles. The van der Waals surface area contributed by atoms with Gasteiger partial charge in [0.15, 0.2) is 0 Å². The van der Waals surface area contributed by atoms with Crippen molar-refractivity contribution in [3.8, 4) is 0 Å². The first-order valence-corrected chi connectivity index (χ1v) is 5.67. The van der Waals surface area contributed by atoms with E-state index in [1.54, 1.807) is 0 Å². The van der Waals surface area contributed by atoms with Crippen molar-refractivity contribution in [3.63, 3.8) is 0 Å². The summed E-state index contributed by atoms with van der Waals surface area (Å²) in [6, 6.07) is 2.22. The molecule has 0 spiro atoms. The highest BCUT2D eigenvalue weighted by Crippen LogP contribution is 2.38. The van der Waals surface area contributed by atoms with Gasteiger partial charge >= 0.3 is 0 Å². The minimum atomic E-state index is 0.748. The van der Waals surface area contributed by atoms with E-state index in [9.17, 15) is 0 Å². The second-order valence-corrected chi connectivity index (χ2v) is 4.43. The molecule has 0 amide bonds. The standard InChI is InChI=1S/C11H20N4/c1-12-5-6-15(2)8-10-7-11(14-13-10)9-3-4-9/h7,9,12H,3-6,8H2,1-2H3,(H,13,14). The van der Waals surface area contributed by atoms with Crippen LogP contribution >= 0.6 is 0 Å². The average molecular weight is 208 g/mol. The highest BCUT2D eigenvalue weighted by Gasteiger charge is 2.26. The van der Waals surface area contributed by atoms with Gasteiger partial charge in [-0.1, -0.05) is 0 Å². The molecule has 0 aromatic carbocycles. The summed E-state index contributed by atoms with van der Waals surface area (Å²) in [4.78, 5) is 2.29. The summed E-state index contributed by atoms with van der Waals surface area (Å²) in [7, 11) is 4.12. The highest BCUT2D eigenvalue weighted by molar-refractivity contribution is 5.17. The van der Waals surface area contributed by atoms with Crippen LogP contribution in [-0.2, 0) is 6.54 Å². The molecule has 1 aromatic heterocycles. The average Bonchev–Trinajstić information content (AvgIpc) is 2.98. The molecule has 1 fully saturated rings. The van der Waals surface area contributed by atoms with Crippen LogP contribution in [0.1, 0.15) is 30.1 Å². The van der Waals surface area contributed by atoms with Crippen LogP contribution in [-0.4, -0.2) is 42.3 Å². The van der Waals surface area contributed by atoms with Crippen molar-refractivity contribution in [2.24, 2.45) is 0 Å². The molecular formula is C11H20N4. The normalized spacial score (nSPS) is 16.2. The molecule has 0 aliphatic heterocycles. The van der Waals surface area contributed by atoms with Crippen molar-refractivity contribution < 1.29 is 0 Å². The number of likely N-dealkylation sites (N-methyl/N-ethyl adjacent to an activating group) is 2. The van der Waals surface area contributed by atoms with Crippen LogP contribution in [0, 0.1) is 0 Å². The van der Waals surface area contributed by atoms with Gasteiger partial charge in [0.1, 0.15) is 0 Å². The topological polar surface area (TPSA) is 44.0 Å². The van der Waals surface area contributed by atoms with Crippen LogP contribution in [0.4, 0.5) is 0 Å². The third kappa shape index (κ3) is 3.04. The van der Waals surface area contributed by atoms with Crippen LogP contribution in [0.25, 0.3) is 0 Å². The number of H-pyrrole nitrogens is 1. The number of rotatable bonds is 6. The molecule has 15 heavy (non-hydrogen) atoms. The molecule has 0 saturated heterocycles. The van der Waals surface area contributed by atoms with E-state index in [1.165, 1.54) is 24.2 Å². The Balaban J connectivity index is 1.81. The van der Waals surface area contributed by atoms with Crippen molar-refractivity contribution in [2.45, 2.75) is 25.3 Å². The molecule has 1 saturated carbocycles. The van der Waals surface area contributed by atoms with Crippen molar-refractivity contribution in [2.75, 3.05) is 27.2 Å². The highest BCUT2D eigenvalue weighted by atomic mass is 15.2. The van der Waals surface area contributed by atoms with E-state index >= 15 is 0 Å². The lowest BCUT2D eigenvalue weighted by Crippen LogP contribution is -2.27. The predicted octanol–water partition coefficient (Wildman–Crippen LogP) is 0.938. The Hall–Kier alpha value is -0.870. The smallest absolute Gasteiger partial charge is 0.0656 e. The first-order valence-electron chi connectivity index (χ1n) is 5.67. The molecule has 4 heteroatoms. The van der Waals surface area contributed by atoms with Gasteiger partial charge in [0.05, 0.1) is 5.69 Å². The van der Waals surface area contributed by atoms with Gasteiger partial charge in [-0.05, 0) is 33.0 Å². The summed E-state index contributed by atoms with van der Waals surface area (Å²) < 4.78 is 0. The molecule has 1 aliphatic rings. The van der Waals surface area contributed by atoms with Gasteiger partial charge < -0.3 is 5.32 Å². The fourth-order valence-corrected chi connectivity index (χ4v) is 1.72. The summed E-state index contributed by atoms with van der Waals surface area (Å²) >= 11 is 0. The van der Waals surface area contributed by atoms with Gasteiger partial charge in [0, 0.05) is 31.2 Å². The lowest BCUT2D eigenvalue weighted by atomic mass is 10.2. The Bertz CT molecular complexity index is 303.